The summed E-state index contributed by atoms with van der Waals surface area (Å²) in [6, 6.07) is 23.1. The van der Waals surface area contributed by atoms with Crippen LogP contribution in [0.3, 0.4) is 0 Å². The zero-order valence-corrected chi connectivity index (χ0v) is 20.4. The first kappa shape index (κ1) is 24.8. The van der Waals surface area contributed by atoms with Crippen LogP contribution in [0.25, 0.3) is 10.9 Å². The third kappa shape index (κ3) is 6.08. The van der Waals surface area contributed by atoms with E-state index in [0.29, 0.717) is 31.7 Å². The topological polar surface area (TPSA) is 57.7 Å². The highest BCUT2D eigenvalue weighted by Gasteiger charge is 2.31. The minimum absolute atomic E-state index is 0.0500. The number of carbonyl (C=O) groups is 1. The standard InChI is InChI=1S/C27H23F3N4O2S/c28-27(29,30)36-23-12-10-22(11-13-23)33-15-17-34(18-16-33)26(35)20-6-8-21(9-7-20)32-37-24-5-1-3-19-4-2-14-31-25(19)24/h1-14,32H,15-18H2. The van der Waals surface area contributed by atoms with Crippen molar-refractivity contribution in [2.75, 3.05) is 35.8 Å². The van der Waals surface area contributed by atoms with Crippen molar-refractivity contribution in [1.29, 1.82) is 0 Å². The maximum absolute atomic E-state index is 13.0. The summed E-state index contributed by atoms with van der Waals surface area (Å²) in [5.41, 5.74) is 3.19. The smallest absolute Gasteiger partial charge is 0.406 e. The van der Waals surface area contributed by atoms with Crippen molar-refractivity contribution in [3.63, 3.8) is 0 Å². The van der Waals surface area contributed by atoms with Crippen molar-refractivity contribution in [2.24, 2.45) is 0 Å². The van der Waals surface area contributed by atoms with Gasteiger partial charge in [-0.15, -0.1) is 13.2 Å². The second-order valence-electron chi connectivity index (χ2n) is 8.43. The highest BCUT2D eigenvalue weighted by molar-refractivity contribution is 8.00. The van der Waals surface area contributed by atoms with Gasteiger partial charge in [0.1, 0.15) is 5.75 Å². The summed E-state index contributed by atoms with van der Waals surface area (Å²) in [5, 5.41) is 1.07. The number of aromatic nitrogens is 1. The van der Waals surface area contributed by atoms with Crippen LogP contribution in [0.2, 0.25) is 0 Å². The van der Waals surface area contributed by atoms with Crippen molar-refractivity contribution in [3.8, 4) is 5.75 Å². The molecule has 1 amide bonds. The van der Waals surface area contributed by atoms with E-state index in [-0.39, 0.29) is 11.7 Å². The van der Waals surface area contributed by atoms with Gasteiger partial charge in [0.15, 0.2) is 0 Å². The van der Waals surface area contributed by atoms with Crippen LogP contribution in [0.1, 0.15) is 10.4 Å². The SMILES string of the molecule is O=C(c1ccc(NSc2cccc3cccnc23)cc1)N1CCN(c2ccc(OC(F)(F)F)cc2)CC1. The third-order valence-corrected chi connectivity index (χ3v) is 6.90. The normalized spacial score (nSPS) is 14.0. The molecule has 1 aromatic heterocycles. The van der Waals surface area contributed by atoms with E-state index in [2.05, 4.69) is 14.4 Å². The molecule has 0 bridgehead atoms. The molecule has 37 heavy (non-hydrogen) atoms. The lowest BCUT2D eigenvalue weighted by atomic mass is 10.1. The number of pyridine rings is 1. The molecule has 5 rings (SSSR count). The van der Waals surface area contributed by atoms with E-state index in [9.17, 15) is 18.0 Å². The number of amides is 1. The lowest BCUT2D eigenvalue weighted by Gasteiger charge is -2.36. The fourth-order valence-corrected chi connectivity index (χ4v) is 4.94. The number of benzene rings is 3. The van der Waals surface area contributed by atoms with Crippen molar-refractivity contribution in [2.45, 2.75) is 11.3 Å². The van der Waals surface area contributed by atoms with Gasteiger partial charge in [-0.1, -0.05) is 18.2 Å². The van der Waals surface area contributed by atoms with E-state index in [1.165, 1.54) is 24.1 Å². The van der Waals surface area contributed by atoms with Crippen LogP contribution >= 0.6 is 11.9 Å². The van der Waals surface area contributed by atoms with E-state index >= 15 is 0 Å². The molecule has 10 heteroatoms. The molecule has 0 unspecified atom stereocenters. The maximum atomic E-state index is 13.0. The van der Waals surface area contributed by atoms with Gasteiger partial charge in [0, 0.05) is 54.7 Å². The Bertz CT molecular complexity index is 1370. The summed E-state index contributed by atoms with van der Waals surface area (Å²) in [6.45, 7) is 2.20. The molecule has 190 valence electrons. The Morgan fingerprint density at radius 2 is 1.59 bits per heavy atom. The predicted octanol–water partition coefficient (Wildman–Crippen LogP) is 6.22. The number of hydrogen-bond donors (Lipinski definition) is 1. The molecule has 3 aromatic carbocycles. The Kier molecular flexibility index (Phi) is 7.09. The van der Waals surface area contributed by atoms with Gasteiger partial charge in [-0.05, 0) is 72.6 Å². The number of rotatable bonds is 6. The van der Waals surface area contributed by atoms with Gasteiger partial charge in [0.2, 0.25) is 0 Å². The Morgan fingerprint density at radius 1 is 0.892 bits per heavy atom. The Balaban J connectivity index is 1.14. The van der Waals surface area contributed by atoms with Gasteiger partial charge in [-0.3, -0.25) is 9.78 Å². The molecule has 1 aliphatic rings. The van der Waals surface area contributed by atoms with Gasteiger partial charge < -0.3 is 19.3 Å². The number of anilines is 2. The van der Waals surface area contributed by atoms with Crippen molar-refractivity contribution in [3.05, 3.63) is 90.6 Å². The first-order valence-corrected chi connectivity index (χ1v) is 12.4. The lowest BCUT2D eigenvalue weighted by Crippen LogP contribution is -2.48. The summed E-state index contributed by atoms with van der Waals surface area (Å²) < 4.78 is 44.3. The molecule has 1 N–H and O–H groups in total. The van der Waals surface area contributed by atoms with Crippen molar-refractivity contribution >= 4 is 40.1 Å². The molecule has 0 saturated carbocycles. The summed E-state index contributed by atoms with van der Waals surface area (Å²) in [7, 11) is 0. The summed E-state index contributed by atoms with van der Waals surface area (Å²) in [5.74, 6) is -0.304. The number of fused-ring (bicyclic) bond motifs is 1. The zero-order valence-electron chi connectivity index (χ0n) is 19.6. The molecule has 1 saturated heterocycles. The fourth-order valence-electron chi connectivity index (χ4n) is 4.16. The molecule has 6 nitrogen and oxygen atoms in total. The van der Waals surface area contributed by atoms with Crippen molar-refractivity contribution < 1.29 is 22.7 Å². The molecule has 0 aliphatic carbocycles. The second-order valence-corrected chi connectivity index (χ2v) is 9.28. The monoisotopic (exact) mass is 524 g/mol. The quantitative estimate of drug-likeness (QED) is 0.303. The zero-order chi connectivity index (χ0) is 25.8. The fraction of sp³-hybridized carbons (Fsp3) is 0.185. The number of alkyl halides is 3. The Labute approximate surface area is 216 Å². The van der Waals surface area contributed by atoms with E-state index in [4.69, 9.17) is 0 Å². The highest BCUT2D eigenvalue weighted by atomic mass is 32.2. The predicted molar refractivity (Wildman–Crippen MR) is 139 cm³/mol. The van der Waals surface area contributed by atoms with E-state index in [1.807, 2.05) is 47.4 Å². The van der Waals surface area contributed by atoms with Crippen molar-refractivity contribution in [1.82, 2.24) is 9.88 Å². The Hall–Kier alpha value is -3.92. The molecule has 1 aliphatic heterocycles. The molecule has 0 atom stereocenters. The van der Waals surface area contributed by atoms with Gasteiger partial charge >= 0.3 is 6.36 Å². The maximum Gasteiger partial charge on any atom is 0.573 e. The number of hydrogen-bond acceptors (Lipinski definition) is 6. The first-order chi connectivity index (χ1) is 17.9. The van der Waals surface area contributed by atoms with Crippen LogP contribution in [0.15, 0.2) is 90.0 Å². The van der Waals surface area contributed by atoms with Crippen LogP contribution < -0.4 is 14.4 Å². The molecule has 4 aromatic rings. The molecule has 0 spiro atoms. The number of piperazine rings is 1. The Morgan fingerprint density at radius 3 is 2.30 bits per heavy atom. The number of nitrogens with one attached hydrogen (secondary N) is 1. The average molecular weight is 525 g/mol. The van der Waals surface area contributed by atoms with Gasteiger partial charge in [-0.2, -0.15) is 0 Å². The average Bonchev–Trinajstić information content (AvgIpc) is 2.91. The number of halogens is 3. The lowest BCUT2D eigenvalue weighted by molar-refractivity contribution is -0.274. The van der Waals surface area contributed by atoms with Crippen LogP contribution in [-0.2, 0) is 0 Å². The van der Waals surface area contributed by atoms with Crippen LogP contribution in [0, 0.1) is 0 Å². The molecule has 0 radical (unpaired) electrons. The van der Waals surface area contributed by atoms with Gasteiger partial charge in [-0.25, -0.2) is 0 Å². The second kappa shape index (κ2) is 10.6. The third-order valence-electron chi connectivity index (χ3n) is 6.01. The summed E-state index contributed by atoms with van der Waals surface area (Å²) in [4.78, 5) is 22.3. The minimum Gasteiger partial charge on any atom is -0.406 e. The largest absolute Gasteiger partial charge is 0.573 e. The number of para-hydroxylation sites is 1. The van der Waals surface area contributed by atoms with E-state index in [0.717, 1.165) is 27.2 Å². The first-order valence-electron chi connectivity index (χ1n) is 11.6. The van der Waals surface area contributed by atoms with E-state index < -0.39 is 6.36 Å². The van der Waals surface area contributed by atoms with Gasteiger partial charge in [0.05, 0.1) is 10.4 Å². The summed E-state index contributed by atoms with van der Waals surface area (Å²) in [6.07, 6.45) is -2.94. The van der Waals surface area contributed by atoms with Gasteiger partial charge in [0.25, 0.3) is 5.91 Å². The highest BCUT2D eigenvalue weighted by Crippen LogP contribution is 2.28. The molecular weight excluding hydrogens is 501 g/mol. The van der Waals surface area contributed by atoms with Crippen LogP contribution in [0.4, 0.5) is 24.5 Å². The van der Waals surface area contributed by atoms with E-state index in [1.54, 1.807) is 35.4 Å². The van der Waals surface area contributed by atoms with Crippen LogP contribution in [0.5, 0.6) is 5.75 Å². The summed E-state index contributed by atoms with van der Waals surface area (Å²) >= 11 is 1.47. The number of nitrogens with zero attached hydrogens (tertiary/aromatic N) is 3. The molecule has 2 heterocycles. The van der Waals surface area contributed by atoms with Crippen LogP contribution in [-0.4, -0.2) is 48.3 Å². The molecular formula is C27H23F3N4O2S. The number of ether oxygens (including phenoxy) is 1. The number of carbonyl (C=O) groups excluding carboxylic acids is 1. The minimum atomic E-state index is -4.71. The molecule has 1 fully saturated rings.